The second kappa shape index (κ2) is 9.16. The Kier molecular flexibility index (Phi) is 7.76. The molecule has 5 heteroatoms. The molecule has 1 aliphatic rings. The SMILES string of the molecule is CCNC(=NCCCCCOC)N1CC[C@@H](O)C1. The summed E-state index contributed by atoms with van der Waals surface area (Å²) in [5, 5.41) is 12.8. The number of likely N-dealkylation sites (tertiary alicyclic amines) is 1. The molecule has 1 atom stereocenters. The number of hydrogen-bond acceptors (Lipinski definition) is 3. The zero-order valence-electron chi connectivity index (χ0n) is 11.7. The summed E-state index contributed by atoms with van der Waals surface area (Å²) in [5.41, 5.74) is 0. The number of aliphatic hydroxyl groups excluding tert-OH is 1. The molecule has 0 unspecified atom stereocenters. The van der Waals surface area contributed by atoms with Crippen LogP contribution in [0.25, 0.3) is 0 Å². The number of hydrogen-bond donors (Lipinski definition) is 2. The van der Waals surface area contributed by atoms with Crippen molar-refractivity contribution in [1.82, 2.24) is 10.2 Å². The third-order valence-corrected chi connectivity index (χ3v) is 3.07. The van der Waals surface area contributed by atoms with Crippen molar-refractivity contribution in [3.05, 3.63) is 0 Å². The normalized spacial score (nSPS) is 20.5. The summed E-state index contributed by atoms with van der Waals surface area (Å²) in [6.07, 6.45) is 3.99. The maximum Gasteiger partial charge on any atom is 0.194 e. The van der Waals surface area contributed by atoms with Crippen LogP contribution in [0, 0.1) is 0 Å². The van der Waals surface area contributed by atoms with Crippen molar-refractivity contribution < 1.29 is 9.84 Å². The van der Waals surface area contributed by atoms with Crippen LogP contribution in [0.5, 0.6) is 0 Å². The molecule has 1 fully saturated rings. The Hall–Kier alpha value is -0.810. The van der Waals surface area contributed by atoms with Crippen molar-refractivity contribution >= 4 is 5.96 Å². The molecule has 0 aromatic carbocycles. The monoisotopic (exact) mass is 257 g/mol. The van der Waals surface area contributed by atoms with Crippen LogP contribution in [0.3, 0.4) is 0 Å². The molecule has 1 heterocycles. The first-order chi connectivity index (χ1) is 8.77. The molecule has 2 N–H and O–H groups in total. The smallest absolute Gasteiger partial charge is 0.194 e. The molecule has 5 nitrogen and oxygen atoms in total. The number of aliphatic hydroxyl groups is 1. The third kappa shape index (κ3) is 5.69. The van der Waals surface area contributed by atoms with Gasteiger partial charge in [-0.15, -0.1) is 0 Å². The lowest BCUT2D eigenvalue weighted by Crippen LogP contribution is -2.40. The molecule has 0 bridgehead atoms. The van der Waals surface area contributed by atoms with Gasteiger partial charge in [-0.3, -0.25) is 4.99 Å². The Morgan fingerprint density at radius 2 is 2.28 bits per heavy atom. The van der Waals surface area contributed by atoms with Gasteiger partial charge in [-0.25, -0.2) is 0 Å². The van der Waals surface area contributed by atoms with Gasteiger partial charge in [-0.2, -0.15) is 0 Å². The maximum atomic E-state index is 9.55. The molecular weight excluding hydrogens is 230 g/mol. The first kappa shape index (κ1) is 15.2. The van der Waals surface area contributed by atoms with Gasteiger partial charge in [0.2, 0.25) is 0 Å². The maximum absolute atomic E-state index is 9.55. The van der Waals surface area contributed by atoms with Crippen molar-refractivity contribution in [1.29, 1.82) is 0 Å². The van der Waals surface area contributed by atoms with Crippen LogP contribution in [-0.2, 0) is 4.74 Å². The summed E-state index contributed by atoms with van der Waals surface area (Å²) in [6, 6.07) is 0. The molecule has 0 saturated carbocycles. The lowest BCUT2D eigenvalue weighted by molar-refractivity contribution is 0.187. The first-order valence-corrected chi connectivity index (χ1v) is 6.98. The van der Waals surface area contributed by atoms with Gasteiger partial charge >= 0.3 is 0 Å². The summed E-state index contributed by atoms with van der Waals surface area (Å²) in [6.45, 7) is 6.22. The molecule has 0 aromatic rings. The zero-order valence-corrected chi connectivity index (χ0v) is 11.7. The Morgan fingerprint density at radius 3 is 2.89 bits per heavy atom. The lowest BCUT2D eigenvalue weighted by atomic mass is 10.2. The summed E-state index contributed by atoms with van der Waals surface area (Å²) >= 11 is 0. The molecule has 0 radical (unpaired) electrons. The van der Waals surface area contributed by atoms with Gasteiger partial charge in [0.25, 0.3) is 0 Å². The first-order valence-electron chi connectivity index (χ1n) is 6.98. The predicted octanol–water partition coefficient (Wildman–Crippen LogP) is 0.835. The lowest BCUT2D eigenvalue weighted by Gasteiger charge is -2.20. The Morgan fingerprint density at radius 1 is 1.44 bits per heavy atom. The number of methoxy groups -OCH3 is 1. The van der Waals surface area contributed by atoms with E-state index in [-0.39, 0.29) is 6.10 Å². The Labute approximate surface area is 110 Å². The quantitative estimate of drug-likeness (QED) is 0.403. The van der Waals surface area contributed by atoms with Gasteiger partial charge in [0.15, 0.2) is 5.96 Å². The van der Waals surface area contributed by atoms with Crippen molar-refractivity contribution in [3.8, 4) is 0 Å². The molecule has 0 spiro atoms. The second-order valence-electron chi connectivity index (χ2n) is 4.68. The summed E-state index contributed by atoms with van der Waals surface area (Å²) in [4.78, 5) is 6.75. The number of unbranched alkanes of at least 4 members (excludes halogenated alkanes) is 2. The predicted molar refractivity (Wildman–Crippen MR) is 73.9 cm³/mol. The van der Waals surface area contributed by atoms with Gasteiger partial charge in [0.1, 0.15) is 0 Å². The van der Waals surface area contributed by atoms with Crippen LogP contribution < -0.4 is 5.32 Å². The van der Waals surface area contributed by atoms with E-state index in [1.54, 1.807) is 7.11 Å². The van der Waals surface area contributed by atoms with Gasteiger partial charge in [0.05, 0.1) is 6.10 Å². The highest BCUT2D eigenvalue weighted by Crippen LogP contribution is 2.09. The fourth-order valence-corrected chi connectivity index (χ4v) is 2.08. The number of guanidine groups is 1. The molecule has 18 heavy (non-hydrogen) atoms. The number of β-amino-alcohol motifs (C(OH)–C–C–N with tert-alkyl or cyclic N) is 1. The summed E-state index contributed by atoms with van der Waals surface area (Å²) in [7, 11) is 1.74. The van der Waals surface area contributed by atoms with Crippen LogP contribution >= 0.6 is 0 Å². The summed E-state index contributed by atoms with van der Waals surface area (Å²) < 4.78 is 5.02. The van der Waals surface area contributed by atoms with Gasteiger partial charge < -0.3 is 20.1 Å². The molecule has 0 aliphatic carbocycles. The summed E-state index contributed by atoms with van der Waals surface area (Å²) in [5.74, 6) is 0.945. The molecule has 0 amide bonds. The molecule has 1 rings (SSSR count). The van der Waals surface area contributed by atoms with Crippen LogP contribution in [0.1, 0.15) is 32.6 Å². The number of ether oxygens (including phenoxy) is 1. The minimum absolute atomic E-state index is 0.199. The van der Waals surface area contributed by atoms with E-state index in [2.05, 4.69) is 22.1 Å². The fraction of sp³-hybridized carbons (Fsp3) is 0.923. The highest BCUT2D eigenvalue weighted by atomic mass is 16.5. The topological polar surface area (TPSA) is 57.1 Å². The van der Waals surface area contributed by atoms with Crippen molar-refractivity contribution in [2.45, 2.75) is 38.7 Å². The van der Waals surface area contributed by atoms with Crippen LogP contribution in [0.2, 0.25) is 0 Å². The van der Waals surface area contributed by atoms with E-state index in [0.717, 1.165) is 57.9 Å². The molecule has 0 aromatic heterocycles. The molecule has 1 aliphatic heterocycles. The highest BCUT2D eigenvalue weighted by Gasteiger charge is 2.22. The minimum Gasteiger partial charge on any atom is -0.391 e. The number of nitrogens with one attached hydrogen (secondary N) is 1. The van der Waals surface area contributed by atoms with E-state index in [1.165, 1.54) is 0 Å². The highest BCUT2D eigenvalue weighted by molar-refractivity contribution is 5.80. The fourth-order valence-electron chi connectivity index (χ4n) is 2.08. The average Bonchev–Trinajstić information content (AvgIpc) is 2.79. The van der Waals surface area contributed by atoms with Crippen molar-refractivity contribution in [3.63, 3.8) is 0 Å². The molecule has 1 saturated heterocycles. The average molecular weight is 257 g/mol. The Bertz CT molecular complexity index is 246. The number of rotatable bonds is 7. The second-order valence-corrected chi connectivity index (χ2v) is 4.68. The third-order valence-electron chi connectivity index (χ3n) is 3.07. The van der Waals surface area contributed by atoms with Crippen LogP contribution in [-0.4, -0.2) is 62.0 Å². The van der Waals surface area contributed by atoms with Crippen LogP contribution in [0.15, 0.2) is 4.99 Å². The molecular formula is C13H27N3O2. The minimum atomic E-state index is -0.199. The van der Waals surface area contributed by atoms with E-state index >= 15 is 0 Å². The van der Waals surface area contributed by atoms with E-state index in [1.807, 2.05) is 0 Å². The zero-order chi connectivity index (χ0) is 13.2. The Balaban J connectivity index is 2.27. The van der Waals surface area contributed by atoms with E-state index in [0.29, 0.717) is 6.54 Å². The van der Waals surface area contributed by atoms with E-state index < -0.39 is 0 Å². The number of nitrogens with zero attached hydrogens (tertiary/aromatic N) is 2. The van der Waals surface area contributed by atoms with E-state index in [4.69, 9.17) is 4.74 Å². The molecule has 106 valence electrons. The number of aliphatic imine (C=N–C) groups is 1. The van der Waals surface area contributed by atoms with E-state index in [9.17, 15) is 5.11 Å². The van der Waals surface area contributed by atoms with Crippen LogP contribution in [0.4, 0.5) is 0 Å². The van der Waals surface area contributed by atoms with Crippen molar-refractivity contribution in [2.24, 2.45) is 4.99 Å². The largest absolute Gasteiger partial charge is 0.391 e. The van der Waals surface area contributed by atoms with Gasteiger partial charge in [-0.1, -0.05) is 0 Å². The van der Waals surface area contributed by atoms with Gasteiger partial charge in [0, 0.05) is 39.9 Å². The van der Waals surface area contributed by atoms with Gasteiger partial charge in [-0.05, 0) is 32.6 Å². The standard InChI is InChI=1S/C13H27N3O2/c1-3-14-13(16-9-7-12(17)11-16)15-8-5-4-6-10-18-2/h12,17H,3-11H2,1-2H3,(H,14,15)/t12-/m1/s1. The van der Waals surface area contributed by atoms with Crippen molar-refractivity contribution in [2.75, 3.05) is 39.9 Å².